The van der Waals surface area contributed by atoms with Crippen LogP contribution >= 0.6 is 0 Å². The van der Waals surface area contributed by atoms with Crippen molar-refractivity contribution in [2.75, 3.05) is 19.0 Å². The van der Waals surface area contributed by atoms with E-state index in [-0.39, 0.29) is 55.3 Å². The van der Waals surface area contributed by atoms with Crippen molar-refractivity contribution in [3.63, 3.8) is 0 Å². The number of primary amides is 1. The summed E-state index contributed by atoms with van der Waals surface area (Å²) in [5.41, 5.74) is 2.46. The predicted molar refractivity (Wildman–Crippen MR) is 130 cm³/mol. The molecule has 5 rings (SSSR count). The van der Waals surface area contributed by atoms with Crippen LogP contribution in [0.15, 0.2) is 28.7 Å². The lowest BCUT2D eigenvalue weighted by Gasteiger charge is -2.46. The number of nitrogens with zero attached hydrogens (tertiary/aromatic N) is 2. The number of likely N-dealkylation sites (tertiary alicyclic amines) is 1. The fourth-order valence-electron chi connectivity index (χ4n) is 6.21. The Kier molecular flexibility index (Phi) is 5.64. The summed E-state index contributed by atoms with van der Waals surface area (Å²) in [4.78, 5) is 65.9. The molecular weight excluding hydrogens is 498 g/mol. The van der Waals surface area contributed by atoms with Gasteiger partial charge in [-0.25, -0.2) is 0 Å². The summed E-state index contributed by atoms with van der Waals surface area (Å²) in [6, 6.07) is 1.60. The number of nitrogens with two attached hydrogens (primary N) is 1. The van der Waals surface area contributed by atoms with Crippen molar-refractivity contribution in [2.24, 2.45) is 17.6 Å². The third kappa shape index (κ3) is 3.36. The summed E-state index contributed by atoms with van der Waals surface area (Å²) in [6.07, 6.45) is -0.0283. The summed E-state index contributed by atoms with van der Waals surface area (Å²) >= 11 is 0. The van der Waals surface area contributed by atoms with Crippen molar-refractivity contribution < 1.29 is 44.4 Å². The molecule has 12 heteroatoms. The molecule has 38 heavy (non-hydrogen) atoms. The molecule has 1 saturated heterocycles. The minimum atomic E-state index is -2.65. The third-order valence-corrected chi connectivity index (χ3v) is 8.08. The van der Waals surface area contributed by atoms with Crippen LogP contribution in [0.2, 0.25) is 0 Å². The third-order valence-electron chi connectivity index (χ3n) is 8.08. The highest BCUT2D eigenvalue weighted by molar-refractivity contribution is 6.24. The van der Waals surface area contributed by atoms with Gasteiger partial charge in [0, 0.05) is 56.1 Å². The molecule has 1 aromatic rings. The van der Waals surface area contributed by atoms with Crippen molar-refractivity contribution >= 4 is 35.0 Å². The Balaban J connectivity index is 1.66. The number of anilines is 1. The molecule has 200 valence electrons. The topological polar surface area (TPSA) is 199 Å². The van der Waals surface area contributed by atoms with Gasteiger partial charge in [-0.1, -0.05) is 0 Å². The number of aromatic hydroxyl groups is 1. The molecular formula is C26H27N3O9. The number of benzene rings is 1. The number of hydrogen-bond acceptors (Lipinski definition) is 10. The van der Waals surface area contributed by atoms with Crippen LogP contribution in [-0.4, -0.2) is 74.3 Å². The van der Waals surface area contributed by atoms with E-state index in [1.807, 2.05) is 0 Å². The van der Waals surface area contributed by atoms with Crippen LogP contribution < -0.4 is 10.6 Å². The van der Waals surface area contributed by atoms with Crippen LogP contribution in [0.5, 0.6) is 5.75 Å². The molecule has 0 radical (unpaired) electrons. The van der Waals surface area contributed by atoms with Crippen molar-refractivity contribution in [3.05, 3.63) is 45.4 Å². The second kappa shape index (κ2) is 8.42. The lowest BCUT2D eigenvalue weighted by atomic mass is 9.60. The Morgan fingerprint density at radius 3 is 2.32 bits per heavy atom. The minimum absolute atomic E-state index is 0.0229. The van der Waals surface area contributed by atoms with Crippen LogP contribution in [-0.2, 0) is 32.1 Å². The largest absolute Gasteiger partial charge is 0.511 e. The van der Waals surface area contributed by atoms with Gasteiger partial charge in [0.05, 0.1) is 12.1 Å². The Morgan fingerprint density at radius 2 is 1.74 bits per heavy atom. The molecule has 0 aromatic heterocycles. The number of imide groups is 1. The summed E-state index contributed by atoms with van der Waals surface area (Å²) in [6.45, 7) is -0.254. The molecule has 0 bridgehead atoms. The van der Waals surface area contributed by atoms with Gasteiger partial charge in [0.15, 0.2) is 11.4 Å². The SMILES string of the molecule is CN(C)c1cc(CN2C(=O)CCC2=O)c(O)c2c1CC1CC3CC(O)=C(C(N)=O)C(=O)[C@@]3(O)C(O)=C1C2=O. The number of Topliss-reactive ketones (excluding diaryl/α,β-unsaturated/α-hetero) is 2. The number of fused-ring (bicyclic) bond motifs is 3. The molecule has 0 saturated carbocycles. The standard InChI is InChI=1S/C26H27N3O9/c1-28(2)14-7-11(9-29-16(31)3-4-17(29)32)21(33)19-13(14)6-10-5-12-8-15(30)20(25(27)37)24(36)26(12,38)23(35)18(10)22(19)34/h7,10,12,30,33,35,38H,3-6,8-9H2,1-2H3,(H2,27,37)/t10?,12?,26-/m0/s1. The quantitative estimate of drug-likeness (QED) is 0.269. The normalized spacial score (nSPS) is 27.0. The first kappa shape index (κ1) is 25.5. The van der Waals surface area contributed by atoms with Gasteiger partial charge in [0.2, 0.25) is 17.6 Å². The zero-order valence-corrected chi connectivity index (χ0v) is 20.8. The molecule has 12 nitrogen and oxygen atoms in total. The van der Waals surface area contributed by atoms with Gasteiger partial charge in [-0.2, -0.15) is 0 Å². The molecule has 3 aliphatic carbocycles. The number of hydrogen-bond donors (Lipinski definition) is 5. The van der Waals surface area contributed by atoms with Crippen molar-refractivity contribution in [1.29, 1.82) is 0 Å². The van der Waals surface area contributed by atoms with E-state index in [4.69, 9.17) is 5.73 Å². The maximum Gasteiger partial charge on any atom is 0.255 e. The van der Waals surface area contributed by atoms with Crippen LogP contribution in [0.4, 0.5) is 5.69 Å². The second-order valence-corrected chi connectivity index (χ2v) is 10.4. The van der Waals surface area contributed by atoms with E-state index in [1.54, 1.807) is 25.1 Å². The van der Waals surface area contributed by atoms with E-state index in [0.717, 1.165) is 4.90 Å². The van der Waals surface area contributed by atoms with Crippen LogP contribution in [0.25, 0.3) is 0 Å². The van der Waals surface area contributed by atoms with Gasteiger partial charge in [0.25, 0.3) is 5.91 Å². The number of ketones is 2. The second-order valence-electron chi connectivity index (χ2n) is 10.4. The molecule has 0 spiro atoms. The molecule has 4 aliphatic rings. The first-order chi connectivity index (χ1) is 17.8. The van der Waals surface area contributed by atoms with E-state index < -0.39 is 69.6 Å². The number of carbonyl (C=O) groups is 5. The zero-order chi connectivity index (χ0) is 27.8. The van der Waals surface area contributed by atoms with E-state index in [1.165, 1.54) is 0 Å². The molecule has 6 N–H and O–H groups in total. The Bertz CT molecular complexity index is 1410. The van der Waals surface area contributed by atoms with E-state index in [0.29, 0.717) is 11.3 Å². The molecule has 1 aliphatic heterocycles. The number of allylic oxidation sites excluding steroid dienone is 2. The van der Waals surface area contributed by atoms with Gasteiger partial charge in [-0.05, 0) is 30.4 Å². The van der Waals surface area contributed by atoms with Crippen LogP contribution in [0.3, 0.4) is 0 Å². The maximum atomic E-state index is 13.9. The predicted octanol–water partition coefficient (Wildman–Crippen LogP) is 0.296. The first-order valence-electron chi connectivity index (χ1n) is 12.1. The van der Waals surface area contributed by atoms with E-state index in [9.17, 15) is 44.4 Å². The molecule has 2 unspecified atom stereocenters. The van der Waals surface area contributed by atoms with Crippen molar-refractivity contribution in [1.82, 2.24) is 4.90 Å². The number of carbonyl (C=O) groups excluding carboxylic acids is 5. The number of rotatable bonds is 4. The average molecular weight is 526 g/mol. The molecule has 3 amide bonds. The van der Waals surface area contributed by atoms with Gasteiger partial charge in [0.1, 0.15) is 22.8 Å². The fourth-order valence-corrected chi connectivity index (χ4v) is 6.21. The van der Waals surface area contributed by atoms with Gasteiger partial charge in [-0.3, -0.25) is 28.9 Å². The van der Waals surface area contributed by atoms with Crippen LogP contribution in [0.1, 0.15) is 47.2 Å². The number of amides is 3. The summed E-state index contributed by atoms with van der Waals surface area (Å²) in [5.74, 6) is -7.87. The Morgan fingerprint density at radius 1 is 1.11 bits per heavy atom. The summed E-state index contributed by atoms with van der Waals surface area (Å²) in [7, 11) is 3.45. The summed E-state index contributed by atoms with van der Waals surface area (Å²) in [5, 5.41) is 44.0. The summed E-state index contributed by atoms with van der Waals surface area (Å²) < 4.78 is 0. The lowest BCUT2D eigenvalue weighted by molar-refractivity contribution is -0.144. The van der Waals surface area contributed by atoms with E-state index >= 15 is 0 Å². The van der Waals surface area contributed by atoms with Gasteiger partial charge in [-0.15, -0.1) is 0 Å². The van der Waals surface area contributed by atoms with Gasteiger partial charge >= 0.3 is 0 Å². The number of aliphatic hydroxyl groups is 3. The Hall–Kier alpha value is -4.19. The smallest absolute Gasteiger partial charge is 0.255 e. The molecule has 3 atom stereocenters. The fraction of sp³-hybridized carbons (Fsp3) is 0.423. The Labute approximate surface area is 216 Å². The zero-order valence-electron chi connectivity index (χ0n) is 20.8. The van der Waals surface area contributed by atoms with Gasteiger partial charge < -0.3 is 31.1 Å². The molecule has 1 aromatic carbocycles. The number of phenols is 1. The lowest BCUT2D eigenvalue weighted by Crippen LogP contribution is -2.57. The number of phenolic OH excluding ortho intramolecular Hbond substituents is 1. The highest BCUT2D eigenvalue weighted by atomic mass is 16.3. The van der Waals surface area contributed by atoms with Crippen molar-refractivity contribution in [3.8, 4) is 5.75 Å². The van der Waals surface area contributed by atoms with Crippen molar-refractivity contribution in [2.45, 2.75) is 44.2 Å². The molecule has 1 fully saturated rings. The van der Waals surface area contributed by atoms with E-state index in [2.05, 4.69) is 0 Å². The molecule has 1 heterocycles. The number of aliphatic hydroxyl groups excluding tert-OH is 2. The monoisotopic (exact) mass is 525 g/mol. The highest BCUT2D eigenvalue weighted by Gasteiger charge is 2.59. The minimum Gasteiger partial charge on any atom is -0.511 e. The highest BCUT2D eigenvalue weighted by Crippen LogP contribution is 2.52. The maximum absolute atomic E-state index is 13.9. The average Bonchev–Trinajstić information content (AvgIpc) is 3.14. The first-order valence-corrected chi connectivity index (χ1v) is 12.1. The van der Waals surface area contributed by atoms with Crippen LogP contribution in [0, 0.1) is 11.8 Å².